The number of nitrogens with two attached hydrogens (primary N) is 1. The van der Waals surface area contributed by atoms with E-state index in [1.54, 1.807) is 6.07 Å². The molecule has 4 nitrogen and oxygen atoms in total. The average molecular weight is 276 g/mol. The Morgan fingerprint density at radius 2 is 2.00 bits per heavy atom. The van der Waals surface area contributed by atoms with Crippen LogP contribution in [0.2, 0.25) is 0 Å². The lowest BCUT2D eigenvalue weighted by molar-refractivity contribution is 0.581. The lowest BCUT2D eigenvalue weighted by atomic mass is 9.95. The maximum absolute atomic E-state index is 11.9. The van der Waals surface area contributed by atoms with Crippen molar-refractivity contribution in [3.63, 3.8) is 0 Å². The van der Waals surface area contributed by atoms with E-state index in [0.717, 1.165) is 4.88 Å². The van der Waals surface area contributed by atoms with Crippen molar-refractivity contribution in [3.8, 4) is 0 Å². The summed E-state index contributed by atoms with van der Waals surface area (Å²) in [7, 11) is -3.36. The molecular weight excluding hydrogens is 256 g/mol. The van der Waals surface area contributed by atoms with Crippen LogP contribution in [0.25, 0.3) is 0 Å². The van der Waals surface area contributed by atoms with Gasteiger partial charge in [0.25, 0.3) is 0 Å². The SMILES string of the molecule is CC(C)(C)c1ccc(S(=O)(=O)NCCCN)s1. The first kappa shape index (κ1) is 14.6. The maximum Gasteiger partial charge on any atom is 0.250 e. The van der Waals surface area contributed by atoms with Gasteiger partial charge < -0.3 is 5.73 Å². The first-order valence-corrected chi connectivity index (χ1v) is 7.87. The second kappa shape index (κ2) is 5.48. The summed E-state index contributed by atoms with van der Waals surface area (Å²) in [6.07, 6.45) is 0.650. The van der Waals surface area contributed by atoms with Crippen LogP contribution in [0.5, 0.6) is 0 Å². The molecule has 3 N–H and O–H groups in total. The molecule has 1 rings (SSSR count). The molecule has 17 heavy (non-hydrogen) atoms. The van der Waals surface area contributed by atoms with Gasteiger partial charge in [-0.1, -0.05) is 20.8 Å². The second-order valence-corrected chi connectivity index (χ2v) is 7.99. The Kier molecular flexibility index (Phi) is 4.71. The number of sulfonamides is 1. The Labute approximate surface area is 107 Å². The molecule has 0 aliphatic carbocycles. The molecule has 0 amide bonds. The van der Waals surface area contributed by atoms with Crippen LogP contribution in [-0.2, 0) is 15.4 Å². The molecule has 0 fully saturated rings. The third-order valence-corrected chi connectivity index (χ3v) is 5.72. The third kappa shape index (κ3) is 4.06. The van der Waals surface area contributed by atoms with Crippen LogP contribution < -0.4 is 10.5 Å². The van der Waals surface area contributed by atoms with Crippen LogP contribution in [0.4, 0.5) is 0 Å². The van der Waals surface area contributed by atoms with Gasteiger partial charge in [-0.05, 0) is 30.5 Å². The molecule has 0 saturated heterocycles. The van der Waals surface area contributed by atoms with Crippen molar-refractivity contribution >= 4 is 21.4 Å². The Hall–Kier alpha value is -0.430. The zero-order valence-corrected chi connectivity index (χ0v) is 12.1. The molecule has 6 heteroatoms. The predicted octanol–water partition coefficient (Wildman–Crippen LogP) is 1.67. The highest BCUT2D eigenvalue weighted by Gasteiger charge is 2.21. The third-order valence-electron chi connectivity index (χ3n) is 2.26. The van der Waals surface area contributed by atoms with Gasteiger partial charge in [-0.15, -0.1) is 11.3 Å². The Balaban J connectivity index is 2.82. The van der Waals surface area contributed by atoms with Crippen molar-refractivity contribution in [2.24, 2.45) is 5.73 Å². The van der Waals surface area contributed by atoms with Crippen LogP contribution in [-0.4, -0.2) is 21.5 Å². The Morgan fingerprint density at radius 3 is 2.47 bits per heavy atom. The van der Waals surface area contributed by atoms with Crippen LogP contribution in [0, 0.1) is 0 Å². The summed E-state index contributed by atoms with van der Waals surface area (Å²) in [4.78, 5) is 1.07. The molecule has 0 bridgehead atoms. The van der Waals surface area contributed by atoms with Crippen LogP contribution in [0.15, 0.2) is 16.3 Å². The topological polar surface area (TPSA) is 72.2 Å². The van der Waals surface area contributed by atoms with Gasteiger partial charge in [0, 0.05) is 11.4 Å². The minimum atomic E-state index is -3.36. The fraction of sp³-hybridized carbons (Fsp3) is 0.636. The molecule has 0 aromatic carbocycles. The lowest BCUT2D eigenvalue weighted by Gasteiger charge is -2.15. The van der Waals surface area contributed by atoms with Gasteiger partial charge in [-0.3, -0.25) is 0 Å². The van der Waals surface area contributed by atoms with E-state index >= 15 is 0 Å². The molecule has 1 aromatic rings. The number of hydrogen-bond donors (Lipinski definition) is 2. The monoisotopic (exact) mass is 276 g/mol. The van der Waals surface area contributed by atoms with Gasteiger partial charge in [0.15, 0.2) is 0 Å². The summed E-state index contributed by atoms with van der Waals surface area (Å²) in [6.45, 7) is 7.08. The van der Waals surface area contributed by atoms with Gasteiger partial charge >= 0.3 is 0 Å². The van der Waals surface area contributed by atoms with Crippen LogP contribution >= 0.6 is 11.3 Å². The highest BCUT2D eigenvalue weighted by molar-refractivity contribution is 7.91. The number of hydrogen-bond acceptors (Lipinski definition) is 4. The molecule has 0 aliphatic rings. The molecule has 0 atom stereocenters. The van der Waals surface area contributed by atoms with Crippen LogP contribution in [0.1, 0.15) is 32.1 Å². The second-order valence-electron chi connectivity index (χ2n) is 4.91. The average Bonchev–Trinajstić information content (AvgIpc) is 2.66. The zero-order chi connectivity index (χ0) is 13.1. The fourth-order valence-corrected chi connectivity index (χ4v) is 3.73. The Bertz CT molecular complexity index is 458. The zero-order valence-electron chi connectivity index (χ0n) is 10.5. The molecule has 1 heterocycles. The normalized spacial score (nSPS) is 12.9. The number of nitrogens with one attached hydrogen (secondary N) is 1. The molecule has 1 aromatic heterocycles. The number of rotatable bonds is 5. The van der Waals surface area contributed by atoms with E-state index < -0.39 is 10.0 Å². The van der Waals surface area contributed by atoms with E-state index in [1.165, 1.54) is 11.3 Å². The van der Waals surface area contributed by atoms with E-state index in [9.17, 15) is 8.42 Å². The highest BCUT2D eigenvalue weighted by atomic mass is 32.2. The summed E-state index contributed by atoms with van der Waals surface area (Å²) in [5, 5.41) is 0. The molecule has 0 spiro atoms. The van der Waals surface area contributed by atoms with E-state index in [1.807, 2.05) is 6.07 Å². The summed E-state index contributed by atoms with van der Waals surface area (Å²) in [5.74, 6) is 0. The van der Waals surface area contributed by atoms with E-state index in [2.05, 4.69) is 25.5 Å². The van der Waals surface area contributed by atoms with E-state index in [-0.39, 0.29) is 5.41 Å². The standard InChI is InChI=1S/C11H20N2O2S2/c1-11(2,3)9-5-6-10(16-9)17(14,15)13-8-4-7-12/h5-6,13H,4,7-8,12H2,1-3H3. The largest absolute Gasteiger partial charge is 0.330 e. The van der Waals surface area contributed by atoms with Crippen molar-refractivity contribution in [2.45, 2.75) is 36.8 Å². The van der Waals surface area contributed by atoms with E-state index in [0.29, 0.717) is 23.7 Å². The predicted molar refractivity (Wildman–Crippen MR) is 71.9 cm³/mol. The summed E-state index contributed by atoms with van der Waals surface area (Å²) in [5.41, 5.74) is 5.31. The fourth-order valence-electron chi connectivity index (χ4n) is 1.25. The summed E-state index contributed by atoms with van der Waals surface area (Å²) in [6, 6.07) is 3.54. The van der Waals surface area contributed by atoms with Crippen molar-refractivity contribution in [1.82, 2.24) is 4.72 Å². The maximum atomic E-state index is 11.9. The van der Waals surface area contributed by atoms with Crippen molar-refractivity contribution in [2.75, 3.05) is 13.1 Å². The number of thiophene rings is 1. The van der Waals surface area contributed by atoms with Crippen molar-refractivity contribution in [3.05, 3.63) is 17.0 Å². The van der Waals surface area contributed by atoms with E-state index in [4.69, 9.17) is 5.73 Å². The molecular formula is C11H20N2O2S2. The first-order valence-electron chi connectivity index (χ1n) is 5.57. The van der Waals surface area contributed by atoms with Gasteiger partial charge in [0.2, 0.25) is 10.0 Å². The Morgan fingerprint density at radius 1 is 1.35 bits per heavy atom. The first-order chi connectivity index (χ1) is 7.77. The molecule has 0 radical (unpaired) electrons. The van der Waals surface area contributed by atoms with Gasteiger partial charge in [0.1, 0.15) is 4.21 Å². The molecule has 98 valence electrons. The highest BCUT2D eigenvalue weighted by Crippen LogP contribution is 2.31. The van der Waals surface area contributed by atoms with Gasteiger partial charge in [-0.25, -0.2) is 13.1 Å². The minimum absolute atomic E-state index is 0.0182. The molecule has 0 unspecified atom stereocenters. The summed E-state index contributed by atoms with van der Waals surface area (Å²) >= 11 is 1.32. The molecule has 0 aliphatic heterocycles. The van der Waals surface area contributed by atoms with Gasteiger partial charge in [-0.2, -0.15) is 0 Å². The van der Waals surface area contributed by atoms with Crippen LogP contribution in [0.3, 0.4) is 0 Å². The smallest absolute Gasteiger partial charge is 0.250 e. The lowest BCUT2D eigenvalue weighted by Crippen LogP contribution is -2.25. The summed E-state index contributed by atoms with van der Waals surface area (Å²) < 4.78 is 26.7. The quantitative estimate of drug-likeness (QED) is 0.804. The molecule has 0 saturated carbocycles. The van der Waals surface area contributed by atoms with Crippen molar-refractivity contribution in [1.29, 1.82) is 0 Å². The minimum Gasteiger partial charge on any atom is -0.330 e. The van der Waals surface area contributed by atoms with Crippen molar-refractivity contribution < 1.29 is 8.42 Å². The van der Waals surface area contributed by atoms with Gasteiger partial charge in [0.05, 0.1) is 0 Å².